The van der Waals surface area contributed by atoms with E-state index < -0.39 is 0 Å². The Morgan fingerprint density at radius 2 is 2.22 bits per heavy atom. The maximum atomic E-state index is 12.7. The second-order valence-electron chi connectivity index (χ2n) is 6.66. The molecule has 1 aliphatic rings. The number of nitrogens with zero attached hydrogens (tertiary/aromatic N) is 3. The van der Waals surface area contributed by atoms with Crippen LogP contribution in [0.15, 0.2) is 12.3 Å². The molecule has 1 saturated carbocycles. The van der Waals surface area contributed by atoms with Crippen LogP contribution < -0.4 is 5.32 Å². The van der Waals surface area contributed by atoms with E-state index in [0.717, 1.165) is 29.6 Å². The Hall–Kier alpha value is -1.95. The number of rotatable bonds is 6. The van der Waals surface area contributed by atoms with Crippen LogP contribution in [0.3, 0.4) is 0 Å². The lowest BCUT2D eigenvalue weighted by Gasteiger charge is -2.17. The van der Waals surface area contributed by atoms with Gasteiger partial charge in [0.1, 0.15) is 0 Å². The number of nitrogens with one attached hydrogen (secondary N) is 1. The van der Waals surface area contributed by atoms with Gasteiger partial charge in [0.05, 0.1) is 17.1 Å². The number of aromatic nitrogens is 3. The summed E-state index contributed by atoms with van der Waals surface area (Å²) in [5.41, 5.74) is 2.16. The van der Waals surface area contributed by atoms with E-state index in [2.05, 4.69) is 15.4 Å². The van der Waals surface area contributed by atoms with Gasteiger partial charge < -0.3 is 10.4 Å². The Morgan fingerprint density at radius 3 is 2.83 bits per heavy atom. The Balaban J connectivity index is 1.93. The van der Waals surface area contributed by atoms with Crippen LogP contribution >= 0.6 is 0 Å². The van der Waals surface area contributed by atoms with Gasteiger partial charge in [-0.2, -0.15) is 5.10 Å². The van der Waals surface area contributed by atoms with E-state index in [9.17, 15) is 9.90 Å². The van der Waals surface area contributed by atoms with Crippen molar-refractivity contribution in [3.8, 4) is 0 Å². The van der Waals surface area contributed by atoms with Gasteiger partial charge in [-0.1, -0.05) is 0 Å². The minimum absolute atomic E-state index is 0.0520. The molecule has 1 amide bonds. The van der Waals surface area contributed by atoms with Crippen molar-refractivity contribution in [1.82, 2.24) is 20.1 Å². The monoisotopic (exact) mass is 316 g/mol. The first kappa shape index (κ1) is 15.9. The van der Waals surface area contributed by atoms with Gasteiger partial charge in [-0.05, 0) is 52.0 Å². The number of carbonyl (C=O) groups excluding carboxylic acids is 1. The second-order valence-corrected chi connectivity index (χ2v) is 6.66. The average molecular weight is 316 g/mol. The summed E-state index contributed by atoms with van der Waals surface area (Å²) in [6, 6.07) is 2.05. The molecule has 6 heteroatoms. The molecule has 6 nitrogen and oxygen atoms in total. The summed E-state index contributed by atoms with van der Waals surface area (Å²) in [7, 11) is 0. The van der Waals surface area contributed by atoms with Crippen LogP contribution in [0.25, 0.3) is 11.0 Å². The highest BCUT2D eigenvalue weighted by atomic mass is 16.3. The molecule has 2 aromatic heterocycles. The van der Waals surface area contributed by atoms with Gasteiger partial charge in [0, 0.05) is 24.4 Å². The molecule has 0 spiro atoms. The number of amides is 1. The van der Waals surface area contributed by atoms with Crippen LogP contribution in [-0.2, 0) is 0 Å². The lowest BCUT2D eigenvalue weighted by atomic mass is 10.1. The third kappa shape index (κ3) is 3.22. The Kier molecular flexibility index (Phi) is 4.35. The molecule has 124 valence electrons. The van der Waals surface area contributed by atoms with Crippen LogP contribution in [0.1, 0.15) is 55.2 Å². The number of pyridine rings is 1. The van der Waals surface area contributed by atoms with Crippen molar-refractivity contribution in [2.45, 2.75) is 52.1 Å². The van der Waals surface area contributed by atoms with E-state index in [0.29, 0.717) is 17.9 Å². The van der Waals surface area contributed by atoms with Crippen molar-refractivity contribution in [1.29, 1.82) is 0 Å². The molecule has 2 aromatic rings. The maximum absolute atomic E-state index is 12.7. The summed E-state index contributed by atoms with van der Waals surface area (Å²) in [4.78, 5) is 17.3. The van der Waals surface area contributed by atoms with E-state index in [4.69, 9.17) is 0 Å². The second kappa shape index (κ2) is 6.28. The van der Waals surface area contributed by atoms with Crippen LogP contribution in [-0.4, -0.2) is 38.4 Å². The Morgan fingerprint density at radius 1 is 1.48 bits per heavy atom. The van der Waals surface area contributed by atoms with Crippen LogP contribution in [0.4, 0.5) is 0 Å². The van der Waals surface area contributed by atoms with Gasteiger partial charge in [-0.3, -0.25) is 4.79 Å². The fourth-order valence-electron chi connectivity index (χ4n) is 3.02. The predicted molar refractivity (Wildman–Crippen MR) is 88.3 cm³/mol. The molecule has 0 aliphatic heterocycles. The first-order chi connectivity index (χ1) is 11.0. The molecule has 1 atom stereocenters. The van der Waals surface area contributed by atoms with Crippen molar-refractivity contribution in [3.63, 3.8) is 0 Å². The molecular formula is C17H24N4O2. The number of hydrogen-bond acceptors (Lipinski definition) is 4. The van der Waals surface area contributed by atoms with E-state index in [-0.39, 0.29) is 24.6 Å². The quantitative estimate of drug-likeness (QED) is 0.856. The van der Waals surface area contributed by atoms with Crippen molar-refractivity contribution in [2.24, 2.45) is 5.92 Å². The number of fused-ring (bicyclic) bond motifs is 1. The summed E-state index contributed by atoms with van der Waals surface area (Å²) in [5, 5.41) is 17.4. The zero-order valence-electron chi connectivity index (χ0n) is 13.9. The number of hydrogen-bond donors (Lipinski definition) is 2. The zero-order chi connectivity index (χ0) is 16.6. The largest absolute Gasteiger partial charge is 0.396 e. The van der Waals surface area contributed by atoms with E-state index in [1.54, 1.807) is 6.20 Å². The molecule has 1 aliphatic carbocycles. The summed E-state index contributed by atoms with van der Waals surface area (Å²) in [5.74, 6) is 0.400. The van der Waals surface area contributed by atoms with Gasteiger partial charge >= 0.3 is 0 Å². The molecule has 0 aromatic carbocycles. The van der Waals surface area contributed by atoms with E-state index >= 15 is 0 Å². The topological polar surface area (TPSA) is 80.0 Å². The number of aryl methyl sites for hydroxylation is 1. The van der Waals surface area contributed by atoms with E-state index in [1.165, 1.54) is 0 Å². The first-order valence-electron chi connectivity index (χ1n) is 8.28. The summed E-state index contributed by atoms with van der Waals surface area (Å²) >= 11 is 0. The van der Waals surface area contributed by atoms with Gasteiger partial charge in [0.2, 0.25) is 0 Å². The minimum Gasteiger partial charge on any atom is -0.396 e. The van der Waals surface area contributed by atoms with Crippen molar-refractivity contribution < 1.29 is 9.90 Å². The van der Waals surface area contributed by atoms with Crippen LogP contribution in [0, 0.1) is 12.8 Å². The first-order valence-corrected chi connectivity index (χ1v) is 8.28. The molecule has 0 radical (unpaired) electrons. The fourth-order valence-corrected chi connectivity index (χ4v) is 3.02. The molecule has 2 N–H and O–H groups in total. The summed E-state index contributed by atoms with van der Waals surface area (Å²) < 4.78 is 1.84. The molecule has 23 heavy (non-hydrogen) atoms. The van der Waals surface area contributed by atoms with Gasteiger partial charge in [-0.15, -0.1) is 0 Å². The number of aliphatic hydroxyl groups excluding tert-OH is 1. The summed E-state index contributed by atoms with van der Waals surface area (Å²) in [6.07, 6.45) is 4.58. The van der Waals surface area contributed by atoms with Crippen molar-refractivity contribution in [3.05, 3.63) is 23.5 Å². The fraction of sp³-hybridized carbons (Fsp3) is 0.588. The highest BCUT2D eigenvalue weighted by Crippen LogP contribution is 2.34. The third-order valence-corrected chi connectivity index (χ3v) is 4.38. The minimum atomic E-state index is -0.103. The van der Waals surface area contributed by atoms with Crippen LogP contribution in [0.2, 0.25) is 0 Å². The van der Waals surface area contributed by atoms with Crippen molar-refractivity contribution >= 4 is 16.9 Å². The summed E-state index contributed by atoms with van der Waals surface area (Å²) in [6.45, 7) is 6.07. The van der Waals surface area contributed by atoms with Gasteiger partial charge in [-0.25, -0.2) is 9.67 Å². The van der Waals surface area contributed by atoms with Gasteiger partial charge in [0.25, 0.3) is 5.91 Å². The molecule has 1 fully saturated rings. The third-order valence-electron chi connectivity index (χ3n) is 4.38. The lowest BCUT2D eigenvalue weighted by molar-refractivity contribution is 0.0926. The standard InChI is InChI=1S/C17H24N4O2/c1-10(2)21-16-14(9-18-21)13(8-11(3)19-16)17(23)20-15(6-7-22)12-4-5-12/h8-10,12,15,22H,4-7H2,1-3H3,(H,20,23). The Bertz CT molecular complexity index is 719. The Labute approximate surface area is 135 Å². The van der Waals surface area contributed by atoms with Gasteiger partial charge in [0.15, 0.2) is 5.65 Å². The maximum Gasteiger partial charge on any atom is 0.252 e. The highest BCUT2D eigenvalue weighted by molar-refractivity contribution is 6.05. The van der Waals surface area contributed by atoms with Crippen molar-refractivity contribution in [2.75, 3.05) is 6.61 Å². The predicted octanol–water partition coefficient (Wildman–Crippen LogP) is 2.21. The SMILES string of the molecule is Cc1cc(C(=O)NC(CCO)C2CC2)c2cnn(C(C)C)c2n1. The normalized spacial score (nSPS) is 16.0. The smallest absolute Gasteiger partial charge is 0.252 e. The zero-order valence-corrected chi connectivity index (χ0v) is 13.9. The number of carbonyl (C=O) groups is 1. The molecule has 3 rings (SSSR count). The molecule has 1 unspecified atom stereocenters. The molecule has 0 bridgehead atoms. The molecular weight excluding hydrogens is 292 g/mol. The lowest BCUT2D eigenvalue weighted by Crippen LogP contribution is -2.37. The van der Waals surface area contributed by atoms with Crippen LogP contribution in [0.5, 0.6) is 0 Å². The van der Waals surface area contributed by atoms with E-state index in [1.807, 2.05) is 31.5 Å². The number of aliphatic hydroxyl groups is 1. The molecule has 2 heterocycles. The average Bonchev–Trinajstić information content (AvgIpc) is 3.25. The molecule has 0 saturated heterocycles. The highest BCUT2D eigenvalue weighted by Gasteiger charge is 2.32.